The van der Waals surface area contributed by atoms with Gasteiger partial charge < -0.3 is 14.8 Å². The summed E-state index contributed by atoms with van der Waals surface area (Å²) >= 11 is 0. The van der Waals surface area contributed by atoms with Gasteiger partial charge in [0, 0.05) is 30.3 Å². The Kier molecular flexibility index (Phi) is 7.88. The van der Waals surface area contributed by atoms with Crippen molar-refractivity contribution in [3.05, 3.63) is 54.1 Å². The molecule has 1 heterocycles. The van der Waals surface area contributed by atoms with Crippen LogP contribution in [0.5, 0.6) is 11.5 Å². The van der Waals surface area contributed by atoms with Crippen LogP contribution in [0.1, 0.15) is 31.2 Å². The van der Waals surface area contributed by atoms with Gasteiger partial charge in [-0.25, -0.2) is 8.42 Å². The number of aliphatic imine (C=N–C) groups is 1. The average Bonchev–Trinajstić information content (AvgIpc) is 3.05. The molecule has 8 nitrogen and oxygen atoms in total. The summed E-state index contributed by atoms with van der Waals surface area (Å²) in [6, 6.07) is 11.3. The number of hydrogen-bond acceptors (Lipinski definition) is 6. The quantitative estimate of drug-likeness (QED) is 0.618. The maximum absolute atomic E-state index is 12.7. The molecule has 0 aromatic heterocycles. The van der Waals surface area contributed by atoms with Crippen molar-refractivity contribution in [1.29, 1.82) is 0 Å². The van der Waals surface area contributed by atoms with E-state index >= 15 is 0 Å². The van der Waals surface area contributed by atoms with E-state index in [2.05, 4.69) is 15.0 Å². The lowest BCUT2D eigenvalue weighted by molar-refractivity contribution is -0.111. The second-order valence-corrected chi connectivity index (χ2v) is 8.89. The lowest BCUT2D eigenvalue weighted by Crippen LogP contribution is -2.30. The molecule has 2 aromatic rings. The van der Waals surface area contributed by atoms with Gasteiger partial charge in [0.2, 0.25) is 5.91 Å². The molecule has 1 aliphatic heterocycles. The highest BCUT2D eigenvalue weighted by Crippen LogP contribution is 2.25. The molecular weight excluding hydrogens is 430 g/mol. The van der Waals surface area contributed by atoms with Gasteiger partial charge >= 0.3 is 0 Å². The first kappa shape index (κ1) is 23.3. The molecular formula is C23H27N3O5S. The Bertz CT molecular complexity index is 1130. The first-order valence-corrected chi connectivity index (χ1v) is 11.8. The van der Waals surface area contributed by atoms with Crippen molar-refractivity contribution in [2.75, 3.05) is 26.1 Å². The van der Waals surface area contributed by atoms with Crippen molar-refractivity contribution in [3.8, 4) is 11.5 Å². The summed E-state index contributed by atoms with van der Waals surface area (Å²) in [5, 5.41) is 2.68. The van der Waals surface area contributed by atoms with E-state index in [4.69, 9.17) is 9.47 Å². The lowest BCUT2D eigenvalue weighted by Gasteiger charge is -2.11. The summed E-state index contributed by atoms with van der Waals surface area (Å²) in [7, 11) is -0.690. The Morgan fingerprint density at radius 3 is 2.69 bits per heavy atom. The third kappa shape index (κ3) is 6.34. The number of carbonyl (C=O) groups is 1. The molecule has 0 atom stereocenters. The monoisotopic (exact) mass is 457 g/mol. The van der Waals surface area contributed by atoms with Gasteiger partial charge in [0.15, 0.2) is 0 Å². The predicted octanol–water partition coefficient (Wildman–Crippen LogP) is 3.61. The van der Waals surface area contributed by atoms with Crippen molar-refractivity contribution >= 4 is 33.5 Å². The molecule has 0 bridgehead atoms. The predicted molar refractivity (Wildman–Crippen MR) is 125 cm³/mol. The molecule has 0 radical (unpaired) electrons. The number of rotatable bonds is 7. The van der Waals surface area contributed by atoms with Crippen LogP contribution in [0.3, 0.4) is 0 Å². The molecule has 3 rings (SSSR count). The van der Waals surface area contributed by atoms with Crippen LogP contribution in [0.4, 0.5) is 5.69 Å². The normalized spacial score (nSPS) is 14.4. The summed E-state index contributed by atoms with van der Waals surface area (Å²) in [4.78, 5) is 16.8. The number of ether oxygens (including phenoxy) is 2. The second-order valence-electron chi connectivity index (χ2n) is 7.20. The minimum absolute atomic E-state index is 0.0562. The van der Waals surface area contributed by atoms with Crippen LogP contribution in [-0.2, 0) is 14.8 Å². The molecule has 170 valence electrons. The van der Waals surface area contributed by atoms with E-state index in [1.165, 1.54) is 18.2 Å². The third-order valence-corrected chi connectivity index (χ3v) is 6.27. The van der Waals surface area contributed by atoms with Crippen molar-refractivity contribution in [2.45, 2.75) is 30.6 Å². The van der Waals surface area contributed by atoms with Crippen LogP contribution in [-0.4, -0.2) is 40.9 Å². The molecule has 32 heavy (non-hydrogen) atoms. The number of amidine groups is 1. The summed E-state index contributed by atoms with van der Waals surface area (Å²) in [6.45, 7) is 0.623. The molecule has 0 unspecified atom stereocenters. The highest BCUT2D eigenvalue weighted by molar-refractivity contribution is 7.90. The standard InChI is InChI=1S/C23H27N3O5S/c1-30-19-11-12-21(31-2)17(15-19)10-13-23(27)25-18-7-6-8-20(16-18)32(28,29)26-22-9-4-3-5-14-24-22/h6-8,10-13,15-16H,3-5,9,14H2,1-2H3,(H,24,26)(H,25,27). The lowest BCUT2D eigenvalue weighted by atomic mass is 10.1. The Balaban J connectivity index is 1.71. The fraction of sp³-hybridized carbons (Fsp3) is 0.304. The fourth-order valence-corrected chi connectivity index (χ4v) is 4.37. The van der Waals surface area contributed by atoms with Crippen LogP contribution < -0.4 is 19.5 Å². The molecule has 1 aliphatic rings. The highest BCUT2D eigenvalue weighted by atomic mass is 32.2. The van der Waals surface area contributed by atoms with E-state index in [1.54, 1.807) is 50.6 Å². The van der Waals surface area contributed by atoms with Crippen LogP contribution in [0, 0.1) is 0 Å². The van der Waals surface area contributed by atoms with E-state index in [9.17, 15) is 13.2 Å². The maximum Gasteiger partial charge on any atom is 0.262 e. The highest BCUT2D eigenvalue weighted by Gasteiger charge is 2.18. The minimum atomic E-state index is -3.79. The molecule has 0 fully saturated rings. The molecule has 0 saturated carbocycles. The number of hydrogen-bond donors (Lipinski definition) is 2. The molecule has 2 aromatic carbocycles. The number of nitrogens with zero attached hydrogens (tertiary/aromatic N) is 1. The van der Waals surface area contributed by atoms with Gasteiger partial charge in [0.25, 0.3) is 10.0 Å². The number of carbonyl (C=O) groups excluding carboxylic acids is 1. The Morgan fingerprint density at radius 2 is 1.91 bits per heavy atom. The summed E-state index contributed by atoms with van der Waals surface area (Å²) in [5.41, 5.74) is 1.04. The summed E-state index contributed by atoms with van der Waals surface area (Å²) in [6.07, 6.45) is 6.45. The van der Waals surface area contributed by atoms with Crippen molar-refractivity contribution in [2.24, 2.45) is 4.99 Å². The van der Waals surface area contributed by atoms with Crippen LogP contribution in [0.15, 0.2) is 58.4 Å². The van der Waals surface area contributed by atoms with Gasteiger partial charge in [-0.1, -0.05) is 12.5 Å². The van der Waals surface area contributed by atoms with Crippen molar-refractivity contribution in [3.63, 3.8) is 0 Å². The number of methoxy groups -OCH3 is 2. The Hall–Kier alpha value is -3.33. The summed E-state index contributed by atoms with van der Waals surface area (Å²) in [5.74, 6) is 1.29. The van der Waals surface area contributed by atoms with E-state index in [1.807, 2.05) is 0 Å². The SMILES string of the molecule is COc1ccc(OC)c(C=CC(=O)Nc2cccc(S(=O)(=O)NC3=NCCCCC3)c2)c1. The zero-order valence-corrected chi connectivity index (χ0v) is 18.9. The first-order valence-electron chi connectivity index (χ1n) is 10.3. The topological polar surface area (TPSA) is 106 Å². The smallest absolute Gasteiger partial charge is 0.262 e. The number of anilines is 1. The van der Waals surface area contributed by atoms with Gasteiger partial charge in [0.05, 0.1) is 19.1 Å². The number of benzene rings is 2. The molecule has 2 N–H and O–H groups in total. The second kappa shape index (κ2) is 10.8. The number of amides is 1. The molecule has 0 saturated heterocycles. The van der Waals surface area contributed by atoms with Gasteiger partial charge in [-0.05, 0) is 55.3 Å². The number of nitrogens with one attached hydrogen (secondary N) is 2. The van der Waals surface area contributed by atoms with Gasteiger partial charge in [-0.3, -0.25) is 14.5 Å². The van der Waals surface area contributed by atoms with E-state index in [0.717, 1.165) is 19.3 Å². The van der Waals surface area contributed by atoms with Gasteiger partial charge in [-0.15, -0.1) is 0 Å². The van der Waals surface area contributed by atoms with Crippen LogP contribution in [0.25, 0.3) is 6.08 Å². The van der Waals surface area contributed by atoms with E-state index in [0.29, 0.717) is 41.6 Å². The van der Waals surface area contributed by atoms with E-state index < -0.39 is 15.9 Å². The van der Waals surface area contributed by atoms with Gasteiger partial charge in [-0.2, -0.15) is 0 Å². The average molecular weight is 458 g/mol. The largest absolute Gasteiger partial charge is 0.497 e. The zero-order valence-electron chi connectivity index (χ0n) is 18.1. The minimum Gasteiger partial charge on any atom is -0.497 e. The van der Waals surface area contributed by atoms with Crippen molar-refractivity contribution < 1.29 is 22.7 Å². The first-order chi connectivity index (χ1) is 15.4. The fourth-order valence-electron chi connectivity index (χ4n) is 3.23. The van der Waals surface area contributed by atoms with Crippen LogP contribution >= 0.6 is 0 Å². The molecule has 0 spiro atoms. The molecule has 0 aliphatic carbocycles. The maximum atomic E-state index is 12.7. The zero-order chi connectivity index (χ0) is 23.0. The molecule has 1 amide bonds. The van der Waals surface area contributed by atoms with Crippen LogP contribution in [0.2, 0.25) is 0 Å². The molecule has 9 heteroatoms. The summed E-state index contributed by atoms with van der Waals surface area (Å²) < 4.78 is 38.6. The van der Waals surface area contributed by atoms with Crippen molar-refractivity contribution in [1.82, 2.24) is 4.72 Å². The number of sulfonamides is 1. The Labute approximate surface area is 188 Å². The van der Waals surface area contributed by atoms with Gasteiger partial charge in [0.1, 0.15) is 17.3 Å². The Morgan fingerprint density at radius 1 is 1.06 bits per heavy atom. The third-order valence-electron chi connectivity index (χ3n) is 4.89. The van der Waals surface area contributed by atoms with E-state index in [-0.39, 0.29) is 4.90 Å².